The van der Waals surface area contributed by atoms with Crippen molar-refractivity contribution in [3.05, 3.63) is 35.7 Å². The molecule has 1 heterocycles. The second kappa shape index (κ2) is 5.13. The molecule has 92 valence electrons. The van der Waals surface area contributed by atoms with Gasteiger partial charge in [-0.15, -0.1) is 0 Å². The molecule has 6 heteroatoms. The fourth-order valence-electron chi connectivity index (χ4n) is 1.39. The summed E-state index contributed by atoms with van der Waals surface area (Å²) < 4.78 is 5.07. The molecule has 2 aromatic rings. The second-order valence-corrected chi connectivity index (χ2v) is 3.52. The van der Waals surface area contributed by atoms with Gasteiger partial charge < -0.3 is 16.2 Å². The molecule has 2 rings (SSSR count). The number of rotatable bonds is 3. The number of benzene rings is 1. The summed E-state index contributed by atoms with van der Waals surface area (Å²) in [5.74, 6) is 1.45. The SMILES string of the molecule is COc1ccc(C=Cc2nc(N)nc(N)n2)cc1. The minimum atomic E-state index is 0.108. The molecular formula is C12H13N5O. The zero-order valence-electron chi connectivity index (χ0n) is 9.87. The van der Waals surface area contributed by atoms with Gasteiger partial charge in [0.05, 0.1) is 7.11 Å². The summed E-state index contributed by atoms with van der Waals surface area (Å²) >= 11 is 0. The van der Waals surface area contributed by atoms with E-state index in [0.29, 0.717) is 5.82 Å². The van der Waals surface area contributed by atoms with E-state index in [1.807, 2.05) is 30.3 Å². The summed E-state index contributed by atoms with van der Waals surface area (Å²) in [6.07, 6.45) is 3.57. The predicted molar refractivity (Wildman–Crippen MR) is 70.6 cm³/mol. The number of methoxy groups -OCH3 is 1. The van der Waals surface area contributed by atoms with Crippen LogP contribution in [0.4, 0.5) is 11.9 Å². The molecular weight excluding hydrogens is 230 g/mol. The van der Waals surface area contributed by atoms with Crippen LogP contribution in [0.5, 0.6) is 5.75 Å². The summed E-state index contributed by atoms with van der Waals surface area (Å²) in [4.78, 5) is 11.6. The molecule has 0 saturated heterocycles. The Labute approximate surface area is 104 Å². The van der Waals surface area contributed by atoms with Crippen LogP contribution in [0, 0.1) is 0 Å². The van der Waals surface area contributed by atoms with E-state index in [9.17, 15) is 0 Å². The molecule has 0 aliphatic carbocycles. The number of nitrogens with two attached hydrogens (primary N) is 2. The van der Waals surface area contributed by atoms with E-state index in [0.717, 1.165) is 11.3 Å². The van der Waals surface area contributed by atoms with Gasteiger partial charge in [0.2, 0.25) is 11.9 Å². The van der Waals surface area contributed by atoms with E-state index in [-0.39, 0.29) is 11.9 Å². The van der Waals surface area contributed by atoms with Gasteiger partial charge in [-0.05, 0) is 23.8 Å². The Kier molecular flexibility index (Phi) is 3.38. The number of aromatic nitrogens is 3. The van der Waals surface area contributed by atoms with E-state index < -0.39 is 0 Å². The lowest BCUT2D eigenvalue weighted by Crippen LogP contribution is -2.03. The van der Waals surface area contributed by atoms with Crippen molar-refractivity contribution < 1.29 is 4.74 Å². The van der Waals surface area contributed by atoms with Gasteiger partial charge in [0.15, 0.2) is 5.82 Å². The highest BCUT2D eigenvalue weighted by atomic mass is 16.5. The van der Waals surface area contributed by atoms with Crippen molar-refractivity contribution in [3.8, 4) is 5.75 Å². The summed E-state index contributed by atoms with van der Waals surface area (Å²) in [7, 11) is 1.63. The highest BCUT2D eigenvalue weighted by molar-refractivity contribution is 5.67. The minimum absolute atomic E-state index is 0.108. The first-order chi connectivity index (χ1) is 8.67. The Morgan fingerprint density at radius 3 is 2.11 bits per heavy atom. The fraction of sp³-hybridized carbons (Fsp3) is 0.0833. The van der Waals surface area contributed by atoms with Crippen molar-refractivity contribution in [1.82, 2.24) is 15.0 Å². The lowest BCUT2D eigenvalue weighted by Gasteiger charge is -1.99. The number of anilines is 2. The molecule has 0 amide bonds. The monoisotopic (exact) mass is 243 g/mol. The average molecular weight is 243 g/mol. The molecule has 0 aliphatic heterocycles. The van der Waals surface area contributed by atoms with Gasteiger partial charge in [0, 0.05) is 0 Å². The summed E-state index contributed by atoms with van der Waals surface area (Å²) in [6, 6.07) is 7.58. The highest BCUT2D eigenvalue weighted by Gasteiger charge is 1.97. The third-order valence-corrected chi connectivity index (χ3v) is 2.23. The Morgan fingerprint density at radius 1 is 0.944 bits per heavy atom. The molecule has 0 bridgehead atoms. The van der Waals surface area contributed by atoms with Crippen LogP contribution in [0.3, 0.4) is 0 Å². The first-order valence-electron chi connectivity index (χ1n) is 5.26. The lowest BCUT2D eigenvalue weighted by atomic mass is 10.2. The number of ether oxygens (including phenoxy) is 1. The van der Waals surface area contributed by atoms with Crippen LogP contribution in [0.2, 0.25) is 0 Å². The summed E-state index contributed by atoms with van der Waals surface area (Å²) in [6.45, 7) is 0. The van der Waals surface area contributed by atoms with Gasteiger partial charge in [-0.1, -0.05) is 18.2 Å². The Hall–Kier alpha value is -2.63. The normalized spacial score (nSPS) is 10.7. The molecule has 4 N–H and O–H groups in total. The van der Waals surface area contributed by atoms with E-state index in [1.54, 1.807) is 13.2 Å². The third-order valence-electron chi connectivity index (χ3n) is 2.23. The van der Waals surface area contributed by atoms with E-state index in [1.165, 1.54) is 0 Å². The third kappa shape index (κ3) is 2.94. The van der Waals surface area contributed by atoms with Gasteiger partial charge in [0.1, 0.15) is 5.75 Å². The zero-order valence-corrected chi connectivity index (χ0v) is 9.87. The number of hydrogen-bond acceptors (Lipinski definition) is 6. The Morgan fingerprint density at radius 2 is 1.56 bits per heavy atom. The van der Waals surface area contributed by atoms with Gasteiger partial charge in [-0.2, -0.15) is 15.0 Å². The van der Waals surface area contributed by atoms with E-state index >= 15 is 0 Å². The van der Waals surface area contributed by atoms with Gasteiger partial charge in [-0.25, -0.2) is 0 Å². The number of hydrogen-bond donors (Lipinski definition) is 2. The van der Waals surface area contributed by atoms with Gasteiger partial charge >= 0.3 is 0 Å². The van der Waals surface area contributed by atoms with Crippen LogP contribution in [-0.4, -0.2) is 22.1 Å². The fourth-order valence-corrected chi connectivity index (χ4v) is 1.39. The summed E-state index contributed by atoms with van der Waals surface area (Å²) in [5.41, 5.74) is 11.9. The van der Waals surface area contributed by atoms with Crippen molar-refractivity contribution in [1.29, 1.82) is 0 Å². The van der Waals surface area contributed by atoms with Crippen molar-refractivity contribution in [2.24, 2.45) is 0 Å². The lowest BCUT2D eigenvalue weighted by molar-refractivity contribution is 0.415. The van der Waals surface area contributed by atoms with Crippen LogP contribution >= 0.6 is 0 Å². The molecule has 0 radical (unpaired) electrons. The van der Waals surface area contributed by atoms with Crippen molar-refractivity contribution >= 4 is 24.0 Å². The molecule has 0 atom stereocenters. The maximum Gasteiger partial charge on any atom is 0.225 e. The first kappa shape index (κ1) is 11.8. The van der Waals surface area contributed by atoms with E-state index in [4.69, 9.17) is 16.2 Å². The average Bonchev–Trinajstić information content (AvgIpc) is 2.36. The maximum absolute atomic E-state index is 5.47. The number of nitrogen functional groups attached to an aromatic ring is 2. The molecule has 1 aromatic carbocycles. The zero-order chi connectivity index (χ0) is 13.0. The maximum atomic E-state index is 5.47. The second-order valence-electron chi connectivity index (χ2n) is 3.52. The topological polar surface area (TPSA) is 99.9 Å². The van der Waals surface area contributed by atoms with Crippen molar-refractivity contribution in [3.63, 3.8) is 0 Å². The minimum Gasteiger partial charge on any atom is -0.497 e. The molecule has 0 fully saturated rings. The van der Waals surface area contributed by atoms with Gasteiger partial charge in [-0.3, -0.25) is 0 Å². The molecule has 0 unspecified atom stereocenters. The van der Waals surface area contributed by atoms with Crippen LogP contribution in [0.25, 0.3) is 12.2 Å². The Bertz CT molecular complexity index is 545. The van der Waals surface area contributed by atoms with Crippen molar-refractivity contribution in [2.75, 3.05) is 18.6 Å². The Balaban J connectivity index is 2.18. The molecule has 0 aliphatic rings. The molecule has 1 aromatic heterocycles. The van der Waals surface area contributed by atoms with Crippen LogP contribution in [-0.2, 0) is 0 Å². The predicted octanol–water partition coefficient (Wildman–Crippen LogP) is 1.22. The summed E-state index contributed by atoms with van der Waals surface area (Å²) in [5, 5.41) is 0. The van der Waals surface area contributed by atoms with Crippen LogP contribution in [0.15, 0.2) is 24.3 Å². The largest absolute Gasteiger partial charge is 0.497 e. The van der Waals surface area contributed by atoms with Crippen LogP contribution < -0.4 is 16.2 Å². The van der Waals surface area contributed by atoms with E-state index in [2.05, 4.69) is 15.0 Å². The standard InChI is InChI=1S/C12H13N5O/c1-18-9-5-2-8(3-6-9)4-7-10-15-11(13)17-12(14)16-10/h2-7H,1H3,(H4,13,14,15,16,17). The smallest absolute Gasteiger partial charge is 0.225 e. The van der Waals surface area contributed by atoms with Gasteiger partial charge in [0.25, 0.3) is 0 Å². The molecule has 0 spiro atoms. The first-order valence-corrected chi connectivity index (χ1v) is 5.26. The quantitative estimate of drug-likeness (QED) is 0.840. The number of nitrogens with zero attached hydrogens (tertiary/aromatic N) is 3. The van der Waals surface area contributed by atoms with Crippen molar-refractivity contribution in [2.45, 2.75) is 0 Å². The molecule has 18 heavy (non-hydrogen) atoms. The highest BCUT2D eigenvalue weighted by Crippen LogP contribution is 2.13. The molecule has 0 saturated carbocycles. The van der Waals surface area contributed by atoms with Crippen LogP contribution in [0.1, 0.15) is 11.4 Å². The molecule has 6 nitrogen and oxygen atoms in total.